The second-order valence-electron chi connectivity index (χ2n) is 7.77. The molecule has 0 amide bonds. The first-order valence-electron chi connectivity index (χ1n) is 10.5. The van der Waals surface area contributed by atoms with Crippen molar-refractivity contribution in [2.45, 2.75) is 17.6 Å². The topological polar surface area (TPSA) is 88.5 Å². The number of hydrogen-bond donors (Lipinski definition) is 1. The highest BCUT2D eigenvalue weighted by molar-refractivity contribution is 7.89. The summed E-state index contributed by atoms with van der Waals surface area (Å²) in [4.78, 5) is 2.17. The van der Waals surface area contributed by atoms with Gasteiger partial charge in [-0.15, -0.1) is 0 Å². The fraction of sp³-hybridized carbons (Fsp3) is 0.455. The minimum Gasteiger partial charge on any atom is -0.486 e. The van der Waals surface area contributed by atoms with E-state index in [1.54, 1.807) is 24.3 Å². The van der Waals surface area contributed by atoms with Crippen LogP contribution in [0.1, 0.15) is 5.56 Å². The summed E-state index contributed by atoms with van der Waals surface area (Å²) in [5, 5.41) is 10.2. The standard InChI is InChI=1S/C22H27FN2O6S/c23-20-4-2-1-3-17(20)15-29-16-18(26)14-24-7-9-25(10-8-24)32(27,28)19-5-6-21-22(13-19)31-12-11-30-21/h1-6,13,18,26H,7-12,14-16H2/t18-/m0/s1. The van der Waals surface area contributed by atoms with Crippen molar-refractivity contribution in [2.24, 2.45) is 0 Å². The maximum absolute atomic E-state index is 13.6. The molecule has 0 aromatic heterocycles. The summed E-state index contributed by atoms with van der Waals surface area (Å²) < 4.78 is 57.5. The lowest BCUT2D eigenvalue weighted by atomic mass is 10.2. The molecule has 174 valence electrons. The molecule has 0 aliphatic carbocycles. The van der Waals surface area contributed by atoms with Gasteiger partial charge in [-0.25, -0.2) is 12.8 Å². The van der Waals surface area contributed by atoms with Crippen LogP contribution in [0.4, 0.5) is 4.39 Å². The van der Waals surface area contributed by atoms with Crippen LogP contribution in [0.15, 0.2) is 47.4 Å². The maximum Gasteiger partial charge on any atom is 0.243 e. The zero-order chi connectivity index (χ0) is 22.6. The van der Waals surface area contributed by atoms with E-state index in [-0.39, 0.29) is 23.9 Å². The smallest absolute Gasteiger partial charge is 0.243 e. The van der Waals surface area contributed by atoms with E-state index in [4.69, 9.17) is 14.2 Å². The molecule has 2 heterocycles. The van der Waals surface area contributed by atoms with Crippen LogP contribution >= 0.6 is 0 Å². The highest BCUT2D eigenvalue weighted by Crippen LogP contribution is 2.33. The average molecular weight is 467 g/mol. The van der Waals surface area contributed by atoms with E-state index in [0.717, 1.165) is 0 Å². The van der Waals surface area contributed by atoms with E-state index in [0.29, 0.717) is 63.0 Å². The van der Waals surface area contributed by atoms with Crippen LogP contribution in [-0.4, -0.2) is 81.4 Å². The second-order valence-corrected chi connectivity index (χ2v) is 9.71. The number of piperazine rings is 1. The molecular formula is C22H27FN2O6S. The van der Waals surface area contributed by atoms with Gasteiger partial charge in [0.25, 0.3) is 0 Å². The molecule has 0 saturated carbocycles. The molecule has 0 radical (unpaired) electrons. The predicted octanol–water partition coefficient (Wildman–Crippen LogP) is 1.48. The molecule has 8 nitrogen and oxygen atoms in total. The van der Waals surface area contributed by atoms with Gasteiger partial charge in [0, 0.05) is 44.4 Å². The summed E-state index contributed by atoms with van der Waals surface area (Å²) in [5.41, 5.74) is 0.442. The summed E-state index contributed by atoms with van der Waals surface area (Å²) in [6.07, 6.45) is -0.747. The van der Waals surface area contributed by atoms with Crippen molar-refractivity contribution in [3.05, 3.63) is 53.8 Å². The number of halogens is 1. The molecule has 1 fully saturated rings. The van der Waals surface area contributed by atoms with Crippen molar-refractivity contribution in [3.63, 3.8) is 0 Å². The highest BCUT2D eigenvalue weighted by atomic mass is 32.2. The molecule has 2 aromatic carbocycles. The van der Waals surface area contributed by atoms with Gasteiger partial charge in [-0.2, -0.15) is 4.31 Å². The minimum atomic E-state index is -3.65. The largest absolute Gasteiger partial charge is 0.486 e. The molecule has 10 heteroatoms. The van der Waals surface area contributed by atoms with Crippen molar-refractivity contribution in [3.8, 4) is 11.5 Å². The van der Waals surface area contributed by atoms with Crippen molar-refractivity contribution >= 4 is 10.0 Å². The number of benzene rings is 2. The van der Waals surface area contributed by atoms with Gasteiger partial charge in [-0.3, -0.25) is 4.90 Å². The van der Waals surface area contributed by atoms with Gasteiger partial charge in [-0.05, 0) is 18.2 Å². The molecule has 0 bridgehead atoms. The molecule has 1 N–H and O–H groups in total. The number of hydrogen-bond acceptors (Lipinski definition) is 7. The van der Waals surface area contributed by atoms with Crippen LogP contribution < -0.4 is 9.47 Å². The molecule has 1 atom stereocenters. The van der Waals surface area contributed by atoms with Gasteiger partial charge in [0.05, 0.1) is 24.2 Å². The predicted molar refractivity (Wildman–Crippen MR) is 115 cm³/mol. The Morgan fingerprint density at radius 2 is 1.75 bits per heavy atom. The fourth-order valence-corrected chi connectivity index (χ4v) is 5.19. The fourth-order valence-electron chi connectivity index (χ4n) is 3.76. The number of aliphatic hydroxyl groups excluding tert-OH is 1. The average Bonchev–Trinajstić information content (AvgIpc) is 2.80. The Morgan fingerprint density at radius 1 is 1.03 bits per heavy atom. The van der Waals surface area contributed by atoms with Gasteiger partial charge < -0.3 is 19.3 Å². The lowest BCUT2D eigenvalue weighted by Gasteiger charge is -2.35. The van der Waals surface area contributed by atoms with Gasteiger partial charge in [0.2, 0.25) is 10.0 Å². The van der Waals surface area contributed by atoms with E-state index < -0.39 is 16.1 Å². The molecule has 4 rings (SSSR count). The minimum absolute atomic E-state index is 0.0735. The summed E-state index contributed by atoms with van der Waals surface area (Å²) >= 11 is 0. The Balaban J connectivity index is 1.25. The Hall–Kier alpha value is -2.24. The SMILES string of the molecule is O=S(=O)(c1ccc2c(c1)OCCO2)N1CCN(C[C@H](O)COCc2ccccc2F)CC1. The number of aliphatic hydroxyl groups is 1. The number of β-amino-alcohol motifs (C(OH)–C–C–N with tert-alkyl or cyclic N) is 1. The highest BCUT2D eigenvalue weighted by Gasteiger charge is 2.30. The van der Waals surface area contributed by atoms with Crippen molar-refractivity contribution in [1.82, 2.24) is 9.21 Å². The first kappa shape index (κ1) is 22.9. The van der Waals surface area contributed by atoms with E-state index >= 15 is 0 Å². The van der Waals surface area contributed by atoms with Crippen LogP contribution in [0.3, 0.4) is 0 Å². The molecule has 1 saturated heterocycles. The van der Waals surface area contributed by atoms with Crippen LogP contribution in [0.5, 0.6) is 11.5 Å². The summed E-state index contributed by atoms with van der Waals surface area (Å²) in [7, 11) is -3.65. The zero-order valence-corrected chi connectivity index (χ0v) is 18.5. The Bertz CT molecular complexity index is 1030. The third-order valence-electron chi connectivity index (χ3n) is 5.48. The van der Waals surface area contributed by atoms with Crippen LogP contribution in [0, 0.1) is 5.82 Å². The number of rotatable bonds is 8. The van der Waals surface area contributed by atoms with Crippen LogP contribution in [-0.2, 0) is 21.4 Å². The summed E-state index contributed by atoms with van der Waals surface area (Å²) in [6.45, 7) is 2.98. The first-order chi connectivity index (χ1) is 15.4. The van der Waals surface area contributed by atoms with Gasteiger partial charge in [-0.1, -0.05) is 18.2 Å². The molecule has 0 spiro atoms. The van der Waals surface area contributed by atoms with Crippen LogP contribution in [0.25, 0.3) is 0 Å². The second kappa shape index (κ2) is 10.1. The summed E-state index contributed by atoms with van der Waals surface area (Å²) in [6, 6.07) is 11.0. The lowest BCUT2D eigenvalue weighted by Crippen LogP contribution is -2.50. The van der Waals surface area contributed by atoms with Crippen molar-refractivity contribution < 1.29 is 32.1 Å². The normalized spacial score (nSPS) is 18.4. The molecule has 2 aromatic rings. The van der Waals surface area contributed by atoms with E-state index in [9.17, 15) is 17.9 Å². The van der Waals surface area contributed by atoms with Crippen molar-refractivity contribution in [2.75, 3.05) is 52.5 Å². The third-order valence-corrected chi connectivity index (χ3v) is 7.37. The molecular weight excluding hydrogens is 439 g/mol. The van der Waals surface area contributed by atoms with E-state index in [2.05, 4.69) is 0 Å². The van der Waals surface area contributed by atoms with E-state index in [1.165, 1.54) is 22.5 Å². The first-order valence-corrected chi connectivity index (χ1v) is 12.0. The monoisotopic (exact) mass is 466 g/mol. The number of nitrogens with zero attached hydrogens (tertiary/aromatic N) is 2. The van der Waals surface area contributed by atoms with E-state index in [1.807, 2.05) is 4.90 Å². The molecule has 0 unspecified atom stereocenters. The number of fused-ring (bicyclic) bond motifs is 1. The Kier molecular flexibility index (Phi) is 7.27. The Labute approximate surface area is 187 Å². The lowest BCUT2D eigenvalue weighted by molar-refractivity contribution is 0.00469. The quantitative estimate of drug-likeness (QED) is 0.631. The van der Waals surface area contributed by atoms with Crippen LogP contribution in [0.2, 0.25) is 0 Å². The maximum atomic E-state index is 13.6. The summed E-state index contributed by atoms with van der Waals surface area (Å²) in [5.74, 6) is 0.651. The Morgan fingerprint density at radius 3 is 2.50 bits per heavy atom. The molecule has 32 heavy (non-hydrogen) atoms. The molecule has 2 aliphatic rings. The van der Waals surface area contributed by atoms with Gasteiger partial charge >= 0.3 is 0 Å². The number of ether oxygens (including phenoxy) is 3. The zero-order valence-electron chi connectivity index (χ0n) is 17.7. The van der Waals surface area contributed by atoms with Crippen molar-refractivity contribution in [1.29, 1.82) is 0 Å². The number of sulfonamides is 1. The van der Waals surface area contributed by atoms with Gasteiger partial charge in [0.1, 0.15) is 19.0 Å². The van der Waals surface area contributed by atoms with Gasteiger partial charge in [0.15, 0.2) is 11.5 Å². The molecule has 2 aliphatic heterocycles. The third kappa shape index (κ3) is 5.38.